The summed E-state index contributed by atoms with van der Waals surface area (Å²) in [6.07, 6.45) is 19.7. The minimum absolute atomic E-state index is 0.0358. The molecule has 9 atom stereocenters. The van der Waals surface area contributed by atoms with Crippen molar-refractivity contribution in [1.82, 2.24) is 0 Å². The van der Waals surface area contributed by atoms with Gasteiger partial charge in [-0.1, -0.05) is 85.8 Å². The molecule has 0 N–H and O–H groups in total. The number of esters is 1. The van der Waals surface area contributed by atoms with Gasteiger partial charge in [0, 0.05) is 12.8 Å². The third-order valence-corrected chi connectivity index (χ3v) is 12.3. The quantitative estimate of drug-likeness (QED) is 0.170. The minimum Gasteiger partial charge on any atom is -0.462 e. The van der Waals surface area contributed by atoms with Crippen molar-refractivity contribution in [3.63, 3.8) is 0 Å². The summed E-state index contributed by atoms with van der Waals surface area (Å²) < 4.78 is 5.97. The van der Waals surface area contributed by atoms with Gasteiger partial charge < -0.3 is 4.74 Å². The predicted molar refractivity (Wildman–Crippen MR) is 152 cm³/mol. The smallest absolute Gasteiger partial charge is 0.306 e. The maximum Gasteiger partial charge on any atom is 0.306 e. The highest BCUT2D eigenvalue weighted by Gasteiger charge is 2.59. The fraction of sp³-hybridized carbons (Fsp3) is 0.912. The van der Waals surface area contributed by atoms with E-state index in [9.17, 15) is 4.79 Å². The average molecular weight is 499 g/mol. The molecule has 0 aromatic heterocycles. The van der Waals surface area contributed by atoms with E-state index in [-0.39, 0.29) is 12.1 Å². The number of allylic oxidation sites excluding steroid dienone is 1. The molecule has 0 aromatic carbocycles. The molecule has 0 saturated heterocycles. The van der Waals surface area contributed by atoms with Gasteiger partial charge in [-0.15, -0.1) is 0 Å². The molecule has 0 heterocycles. The van der Waals surface area contributed by atoms with Crippen LogP contribution < -0.4 is 0 Å². The largest absolute Gasteiger partial charge is 0.462 e. The Morgan fingerprint density at radius 2 is 1.78 bits per heavy atom. The van der Waals surface area contributed by atoms with Crippen LogP contribution >= 0.6 is 0 Å². The molecule has 36 heavy (non-hydrogen) atoms. The number of ether oxygens (including phenoxy) is 1. The highest BCUT2D eigenvalue weighted by molar-refractivity contribution is 5.69. The van der Waals surface area contributed by atoms with Crippen molar-refractivity contribution in [1.29, 1.82) is 0 Å². The van der Waals surface area contributed by atoms with E-state index in [0.29, 0.717) is 17.3 Å². The van der Waals surface area contributed by atoms with E-state index < -0.39 is 0 Å². The van der Waals surface area contributed by atoms with Crippen LogP contribution in [0.25, 0.3) is 0 Å². The van der Waals surface area contributed by atoms with Crippen LogP contribution in [0.4, 0.5) is 0 Å². The average Bonchev–Trinajstić information content (AvgIpc) is 3.20. The van der Waals surface area contributed by atoms with E-state index in [1.54, 1.807) is 5.57 Å². The third-order valence-electron chi connectivity index (χ3n) is 12.3. The number of fused-ring (bicyclic) bond motifs is 5. The number of carbonyl (C=O) groups excluding carboxylic acids is 1. The summed E-state index contributed by atoms with van der Waals surface area (Å²) in [5.74, 6) is 6.10. The molecule has 2 nitrogen and oxygen atoms in total. The van der Waals surface area contributed by atoms with E-state index in [1.807, 2.05) is 0 Å². The zero-order valence-electron chi connectivity index (χ0n) is 24.9. The summed E-state index contributed by atoms with van der Waals surface area (Å²) in [4.78, 5) is 12.4. The molecule has 2 heteroatoms. The lowest BCUT2D eigenvalue weighted by Gasteiger charge is -2.58. The molecule has 0 aromatic rings. The number of carbonyl (C=O) groups is 1. The van der Waals surface area contributed by atoms with Gasteiger partial charge in [-0.2, -0.15) is 0 Å². The van der Waals surface area contributed by atoms with Gasteiger partial charge in [0.05, 0.1) is 0 Å². The molecular formula is C34H58O2. The van der Waals surface area contributed by atoms with Gasteiger partial charge in [0.2, 0.25) is 0 Å². The van der Waals surface area contributed by atoms with Crippen LogP contribution in [-0.4, -0.2) is 12.1 Å². The summed E-state index contributed by atoms with van der Waals surface area (Å²) in [7, 11) is 0. The van der Waals surface area contributed by atoms with Gasteiger partial charge in [0.15, 0.2) is 0 Å². The maximum atomic E-state index is 12.4. The molecule has 3 saturated carbocycles. The topological polar surface area (TPSA) is 26.3 Å². The van der Waals surface area contributed by atoms with Crippen molar-refractivity contribution in [2.45, 2.75) is 144 Å². The molecule has 0 amide bonds. The van der Waals surface area contributed by atoms with Crippen LogP contribution in [0, 0.1) is 52.3 Å². The van der Waals surface area contributed by atoms with Crippen LogP contribution in [0.1, 0.15) is 138 Å². The van der Waals surface area contributed by atoms with Crippen molar-refractivity contribution in [3.05, 3.63) is 11.6 Å². The van der Waals surface area contributed by atoms with Crippen molar-refractivity contribution >= 4 is 5.97 Å². The molecule has 0 aliphatic heterocycles. The van der Waals surface area contributed by atoms with Crippen LogP contribution in [0.5, 0.6) is 0 Å². The van der Waals surface area contributed by atoms with Crippen molar-refractivity contribution < 1.29 is 9.53 Å². The third kappa shape index (κ3) is 5.49. The summed E-state index contributed by atoms with van der Waals surface area (Å²) in [6, 6.07) is 0. The Bertz CT molecular complexity index is 782. The summed E-state index contributed by atoms with van der Waals surface area (Å²) in [5.41, 5.74) is 2.52. The van der Waals surface area contributed by atoms with E-state index in [2.05, 4.69) is 54.5 Å². The molecule has 0 radical (unpaired) electrons. The Kier molecular flexibility index (Phi) is 9.04. The lowest BCUT2D eigenvalue weighted by atomic mass is 9.47. The molecule has 3 fully saturated rings. The van der Waals surface area contributed by atoms with Crippen LogP contribution in [0.15, 0.2) is 11.6 Å². The Balaban J connectivity index is 1.39. The molecule has 0 spiro atoms. The molecule has 4 rings (SSSR count). The van der Waals surface area contributed by atoms with E-state index in [0.717, 1.165) is 73.5 Å². The second-order valence-corrected chi connectivity index (χ2v) is 14.6. The normalized spacial score (nSPS) is 39.6. The first-order chi connectivity index (χ1) is 17.1. The molecular weight excluding hydrogens is 440 g/mol. The fourth-order valence-corrected chi connectivity index (χ4v) is 9.53. The Morgan fingerprint density at radius 3 is 2.50 bits per heavy atom. The van der Waals surface area contributed by atoms with Gasteiger partial charge in [0.25, 0.3) is 0 Å². The van der Waals surface area contributed by atoms with Crippen molar-refractivity contribution in [2.24, 2.45) is 52.3 Å². The zero-order chi connectivity index (χ0) is 26.1. The Labute approximate surface area is 223 Å². The maximum absolute atomic E-state index is 12.4. The monoisotopic (exact) mass is 498 g/mol. The first-order valence-corrected chi connectivity index (χ1v) is 16.0. The highest BCUT2D eigenvalue weighted by Crippen LogP contribution is 2.67. The Morgan fingerprint density at radius 1 is 1.00 bits per heavy atom. The zero-order valence-corrected chi connectivity index (χ0v) is 24.9. The Hall–Kier alpha value is -0.790. The summed E-state index contributed by atoms with van der Waals surface area (Å²) >= 11 is 0. The minimum atomic E-state index is 0.0358. The first kappa shape index (κ1) is 28.2. The summed E-state index contributed by atoms with van der Waals surface area (Å²) in [6.45, 7) is 17.3. The molecule has 4 aliphatic rings. The molecule has 0 bridgehead atoms. The lowest BCUT2D eigenvalue weighted by molar-refractivity contribution is -0.151. The SMILES string of the molecule is CCCCCC(=O)O[C@H]1CC[C@@]2(C)C(=CC[C@H]3[C@@H]4CC[C@H]([C@H](C)CC[C@@H](C)C(C)C)[C@@]4(C)CC[C@@H]32)C1. The van der Waals surface area contributed by atoms with Crippen LogP contribution in [0.2, 0.25) is 0 Å². The van der Waals surface area contributed by atoms with Crippen LogP contribution in [0.3, 0.4) is 0 Å². The first-order valence-electron chi connectivity index (χ1n) is 16.0. The van der Waals surface area contributed by atoms with E-state index in [1.165, 1.54) is 51.4 Å². The number of hydrogen-bond donors (Lipinski definition) is 0. The fourth-order valence-electron chi connectivity index (χ4n) is 9.53. The summed E-state index contributed by atoms with van der Waals surface area (Å²) in [5, 5.41) is 0. The number of unbranched alkanes of at least 4 members (excludes halogenated alkanes) is 2. The van der Waals surface area contributed by atoms with Gasteiger partial charge in [-0.05, 0) is 104 Å². The van der Waals surface area contributed by atoms with E-state index in [4.69, 9.17) is 4.74 Å². The molecule has 0 unspecified atom stereocenters. The number of hydrogen-bond acceptors (Lipinski definition) is 2. The standard InChI is InChI=1S/C34H58O2/c1-8-9-10-11-32(35)36-27-18-20-33(6)26(22-27)14-15-28-30-17-16-29(34(30,7)21-19-31(28)33)25(5)13-12-24(4)23(2)3/h14,23-25,27-31H,8-13,15-22H2,1-7H3/t24-,25-,27+,28+,29-,30+,31+,33+,34-/m1/s1. The van der Waals surface area contributed by atoms with Gasteiger partial charge >= 0.3 is 5.97 Å². The van der Waals surface area contributed by atoms with E-state index >= 15 is 0 Å². The second-order valence-electron chi connectivity index (χ2n) is 14.6. The second kappa shape index (κ2) is 11.5. The highest BCUT2D eigenvalue weighted by atomic mass is 16.5. The molecule has 4 aliphatic carbocycles. The van der Waals surface area contributed by atoms with Gasteiger partial charge in [0.1, 0.15) is 6.10 Å². The predicted octanol–water partition coefficient (Wildman–Crippen LogP) is 9.77. The van der Waals surface area contributed by atoms with Crippen molar-refractivity contribution in [2.75, 3.05) is 0 Å². The molecule has 206 valence electrons. The van der Waals surface area contributed by atoms with Crippen LogP contribution in [-0.2, 0) is 9.53 Å². The van der Waals surface area contributed by atoms with Crippen molar-refractivity contribution in [3.8, 4) is 0 Å². The van der Waals surface area contributed by atoms with Gasteiger partial charge in [-0.25, -0.2) is 0 Å². The number of rotatable bonds is 10. The lowest BCUT2D eigenvalue weighted by Crippen LogP contribution is -2.51. The van der Waals surface area contributed by atoms with Gasteiger partial charge in [-0.3, -0.25) is 4.79 Å².